The highest BCUT2D eigenvalue weighted by Gasteiger charge is 2.73. The van der Waals surface area contributed by atoms with Crippen molar-refractivity contribution in [2.24, 2.45) is 46.3 Å². The first-order chi connectivity index (χ1) is 15.1. The lowest BCUT2D eigenvalue weighted by atomic mass is 9.46. The van der Waals surface area contributed by atoms with E-state index < -0.39 is 18.0 Å². The Kier molecular flexibility index (Phi) is 4.69. The molecule has 6 rings (SSSR count). The second-order valence-corrected chi connectivity index (χ2v) is 12.7. The topological polar surface area (TPSA) is 76.0 Å². The van der Waals surface area contributed by atoms with Gasteiger partial charge in [-0.2, -0.15) is 0 Å². The Morgan fingerprint density at radius 1 is 1.12 bits per heavy atom. The Labute approximate surface area is 191 Å². The predicted octanol–water partition coefficient (Wildman–Crippen LogP) is 3.86. The highest BCUT2D eigenvalue weighted by Crippen LogP contribution is 2.69. The molecular formula is C27H40O5. The van der Waals surface area contributed by atoms with Gasteiger partial charge in [0.1, 0.15) is 12.2 Å². The first-order valence-corrected chi connectivity index (χ1v) is 13.0. The van der Waals surface area contributed by atoms with E-state index in [1.807, 2.05) is 0 Å². The molecule has 2 heterocycles. The normalized spacial score (nSPS) is 59.2. The molecule has 12 atom stereocenters. The summed E-state index contributed by atoms with van der Waals surface area (Å²) in [5.41, 5.74) is 1.45. The van der Waals surface area contributed by atoms with Crippen LogP contribution >= 0.6 is 0 Å². The van der Waals surface area contributed by atoms with E-state index in [2.05, 4.69) is 33.8 Å². The molecule has 0 radical (unpaired) electrons. The molecule has 178 valence electrons. The van der Waals surface area contributed by atoms with E-state index >= 15 is 0 Å². The highest BCUT2D eigenvalue weighted by molar-refractivity contribution is 5.90. The smallest absolute Gasteiger partial charge is 0.198 e. The molecule has 0 unspecified atom stereocenters. The first-order valence-electron chi connectivity index (χ1n) is 13.0. The Morgan fingerprint density at radius 3 is 2.66 bits per heavy atom. The van der Waals surface area contributed by atoms with Gasteiger partial charge in [-0.25, -0.2) is 0 Å². The molecule has 1 spiro atoms. The number of Topliss-reactive ketones (excluding diaryl/α,β-unsaturated/α-hetero) is 1. The van der Waals surface area contributed by atoms with Crippen LogP contribution in [0.25, 0.3) is 0 Å². The van der Waals surface area contributed by atoms with Gasteiger partial charge in [-0.15, -0.1) is 0 Å². The minimum atomic E-state index is -1.02. The van der Waals surface area contributed by atoms with Gasteiger partial charge in [-0.05, 0) is 73.5 Å². The zero-order valence-corrected chi connectivity index (χ0v) is 20.0. The molecule has 0 aromatic rings. The first kappa shape index (κ1) is 21.8. The molecule has 2 saturated heterocycles. The van der Waals surface area contributed by atoms with Crippen LogP contribution in [0.15, 0.2) is 11.6 Å². The lowest BCUT2D eigenvalue weighted by Crippen LogP contribution is -2.57. The fraction of sp³-hybridized carbons (Fsp3) is 0.889. The van der Waals surface area contributed by atoms with E-state index in [-0.39, 0.29) is 40.5 Å². The van der Waals surface area contributed by atoms with E-state index in [0.717, 1.165) is 38.5 Å². The van der Waals surface area contributed by atoms with Gasteiger partial charge in [0.2, 0.25) is 0 Å². The fourth-order valence-corrected chi connectivity index (χ4v) is 9.54. The number of hydrogen-bond acceptors (Lipinski definition) is 5. The second-order valence-electron chi connectivity index (χ2n) is 12.7. The average molecular weight is 445 g/mol. The van der Waals surface area contributed by atoms with Gasteiger partial charge in [0.05, 0.1) is 12.7 Å². The van der Waals surface area contributed by atoms with Crippen LogP contribution in [0.5, 0.6) is 0 Å². The average Bonchev–Trinajstić information content (AvgIpc) is 3.16. The fourth-order valence-electron chi connectivity index (χ4n) is 9.54. The summed E-state index contributed by atoms with van der Waals surface area (Å²) in [5, 5.41) is 21.2. The maximum Gasteiger partial charge on any atom is 0.198 e. The van der Waals surface area contributed by atoms with Crippen LogP contribution in [0.4, 0.5) is 0 Å². The molecule has 2 aliphatic heterocycles. The molecular weight excluding hydrogens is 404 g/mol. The molecule has 5 fully saturated rings. The number of carbonyl (C=O) groups is 1. The lowest BCUT2D eigenvalue weighted by Gasteiger charge is -2.58. The SMILES string of the molecule is C[C@H]1CO[C@@]2(O[C@H]3C(=O)[C@@H]4[C@@H]5CC=C6C[C@@H](O)CC[C@]6(C)[C@@H]5CC[C@]4(C)[C@H]3[C@@H]2C)[C@@H](O)C1. The second kappa shape index (κ2) is 6.90. The summed E-state index contributed by atoms with van der Waals surface area (Å²) in [6, 6.07) is 0. The summed E-state index contributed by atoms with van der Waals surface area (Å²) in [6.07, 6.45) is 7.53. The van der Waals surface area contributed by atoms with Crippen molar-refractivity contribution in [2.75, 3.05) is 6.61 Å². The molecule has 4 aliphatic carbocycles. The Hall–Kier alpha value is -0.750. The number of allylic oxidation sites excluding steroid dienone is 1. The molecule has 3 saturated carbocycles. The van der Waals surface area contributed by atoms with Gasteiger partial charge in [0, 0.05) is 17.8 Å². The summed E-state index contributed by atoms with van der Waals surface area (Å²) >= 11 is 0. The Morgan fingerprint density at radius 2 is 1.91 bits per heavy atom. The molecule has 5 heteroatoms. The van der Waals surface area contributed by atoms with Crippen LogP contribution in [0.3, 0.4) is 0 Å². The quantitative estimate of drug-likeness (QED) is 0.555. The van der Waals surface area contributed by atoms with Gasteiger partial charge in [-0.1, -0.05) is 39.3 Å². The van der Waals surface area contributed by atoms with E-state index in [9.17, 15) is 15.0 Å². The summed E-state index contributed by atoms with van der Waals surface area (Å²) in [6.45, 7) is 9.55. The largest absolute Gasteiger partial charge is 0.393 e. The van der Waals surface area contributed by atoms with Gasteiger partial charge < -0.3 is 19.7 Å². The van der Waals surface area contributed by atoms with Crippen molar-refractivity contribution in [3.63, 3.8) is 0 Å². The lowest BCUT2D eigenvalue weighted by molar-refractivity contribution is -0.312. The maximum absolute atomic E-state index is 14.0. The van der Waals surface area contributed by atoms with Crippen molar-refractivity contribution < 1.29 is 24.5 Å². The van der Waals surface area contributed by atoms with Crippen molar-refractivity contribution in [3.05, 3.63) is 11.6 Å². The van der Waals surface area contributed by atoms with Gasteiger partial charge in [-0.3, -0.25) is 4.79 Å². The molecule has 0 aromatic heterocycles. The molecule has 6 aliphatic rings. The van der Waals surface area contributed by atoms with Gasteiger partial charge in [0.25, 0.3) is 0 Å². The third kappa shape index (κ3) is 2.57. The molecule has 5 nitrogen and oxygen atoms in total. The summed E-state index contributed by atoms with van der Waals surface area (Å²) in [4.78, 5) is 14.0. The highest BCUT2D eigenvalue weighted by atomic mass is 16.7. The molecule has 0 amide bonds. The van der Waals surface area contributed by atoms with E-state index in [1.165, 1.54) is 5.57 Å². The summed E-state index contributed by atoms with van der Waals surface area (Å²) in [7, 11) is 0. The summed E-state index contributed by atoms with van der Waals surface area (Å²) < 4.78 is 12.7. The van der Waals surface area contributed by atoms with Crippen molar-refractivity contribution in [1.29, 1.82) is 0 Å². The molecule has 32 heavy (non-hydrogen) atoms. The van der Waals surface area contributed by atoms with Crippen LogP contribution in [0.1, 0.15) is 72.6 Å². The number of hydrogen-bond donors (Lipinski definition) is 2. The third-order valence-corrected chi connectivity index (χ3v) is 11.1. The molecule has 0 bridgehead atoms. The van der Waals surface area contributed by atoms with Crippen LogP contribution < -0.4 is 0 Å². The zero-order valence-electron chi connectivity index (χ0n) is 20.0. The number of ether oxygens (including phenoxy) is 2. The predicted molar refractivity (Wildman–Crippen MR) is 119 cm³/mol. The molecule has 0 aromatic carbocycles. The Balaban J connectivity index is 1.34. The van der Waals surface area contributed by atoms with Crippen LogP contribution in [-0.4, -0.2) is 46.7 Å². The third-order valence-electron chi connectivity index (χ3n) is 11.1. The zero-order chi connectivity index (χ0) is 22.6. The summed E-state index contributed by atoms with van der Waals surface area (Å²) in [5.74, 6) is 0.555. The number of aliphatic hydroxyl groups is 2. The standard InChI is InChI=1S/C27H40O5/c1-14-11-20(29)27(31-13-14)15(2)21-24(32-27)23(30)22-18-6-5-16-12-17(28)7-9-25(16,3)19(18)8-10-26(21,22)4/h5,14-15,17-22,24,28-29H,6-13H2,1-4H3/t14-,15+,17+,18-,19-,20+,21+,22+,24-,25+,26-,27+/m1/s1. The molecule has 2 N–H and O–H groups in total. The minimum Gasteiger partial charge on any atom is -0.393 e. The number of aliphatic hydroxyl groups excluding tert-OH is 2. The monoisotopic (exact) mass is 444 g/mol. The van der Waals surface area contributed by atoms with E-state index in [1.54, 1.807) is 0 Å². The van der Waals surface area contributed by atoms with Gasteiger partial charge >= 0.3 is 0 Å². The number of rotatable bonds is 0. The van der Waals surface area contributed by atoms with Crippen molar-refractivity contribution in [3.8, 4) is 0 Å². The number of carbonyl (C=O) groups excluding carboxylic acids is 1. The Bertz CT molecular complexity index is 853. The van der Waals surface area contributed by atoms with E-state index in [4.69, 9.17) is 9.47 Å². The maximum atomic E-state index is 14.0. The number of fused-ring (bicyclic) bond motifs is 7. The van der Waals surface area contributed by atoms with E-state index in [0.29, 0.717) is 30.8 Å². The van der Waals surface area contributed by atoms with Crippen molar-refractivity contribution in [1.82, 2.24) is 0 Å². The van der Waals surface area contributed by atoms with Crippen LogP contribution in [0, 0.1) is 46.3 Å². The van der Waals surface area contributed by atoms with Crippen molar-refractivity contribution in [2.45, 2.75) is 96.7 Å². The minimum absolute atomic E-state index is 0.000563. The van der Waals surface area contributed by atoms with Crippen LogP contribution in [0.2, 0.25) is 0 Å². The number of ketones is 1. The van der Waals surface area contributed by atoms with Gasteiger partial charge in [0.15, 0.2) is 11.6 Å². The van der Waals surface area contributed by atoms with Crippen molar-refractivity contribution >= 4 is 5.78 Å². The van der Waals surface area contributed by atoms with Crippen LogP contribution in [-0.2, 0) is 14.3 Å².